The van der Waals surface area contributed by atoms with E-state index in [0.717, 1.165) is 32.5 Å². The fourth-order valence-electron chi connectivity index (χ4n) is 3.63. The van der Waals surface area contributed by atoms with E-state index in [9.17, 15) is 9.59 Å². The van der Waals surface area contributed by atoms with Crippen LogP contribution in [0.4, 0.5) is 0 Å². The highest BCUT2D eigenvalue weighted by Gasteiger charge is 2.49. The Hall–Kier alpha value is -1.14. The second-order valence-corrected chi connectivity index (χ2v) is 6.29. The van der Waals surface area contributed by atoms with Crippen LogP contribution in [0.1, 0.15) is 33.6 Å². The lowest BCUT2D eigenvalue weighted by Crippen LogP contribution is -2.60. The summed E-state index contributed by atoms with van der Waals surface area (Å²) in [6, 6.07) is -0.295. The van der Waals surface area contributed by atoms with Crippen LogP contribution >= 0.6 is 0 Å². The van der Waals surface area contributed by atoms with E-state index in [1.807, 2.05) is 0 Å². The Labute approximate surface area is 126 Å². The van der Waals surface area contributed by atoms with Crippen molar-refractivity contribution in [3.63, 3.8) is 0 Å². The first-order valence-electron chi connectivity index (χ1n) is 7.69. The summed E-state index contributed by atoms with van der Waals surface area (Å²) in [6.45, 7) is 9.77. The Morgan fingerprint density at radius 3 is 2.90 bits per heavy atom. The number of hydrogen-bond donors (Lipinski definition) is 1. The van der Waals surface area contributed by atoms with E-state index in [1.165, 1.54) is 6.47 Å². The molecule has 2 aliphatic heterocycles. The summed E-state index contributed by atoms with van der Waals surface area (Å²) in [5.41, 5.74) is -0.958. The first-order chi connectivity index (χ1) is 10.0. The summed E-state index contributed by atoms with van der Waals surface area (Å²) in [4.78, 5) is 25.2. The van der Waals surface area contributed by atoms with Gasteiger partial charge < -0.3 is 14.8 Å². The van der Waals surface area contributed by atoms with Crippen molar-refractivity contribution < 1.29 is 19.1 Å². The summed E-state index contributed by atoms with van der Waals surface area (Å²) in [5, 5.41) is 3.38. The smallest absolute Gasteiger partial charge is 0.418 e. The molecule has 2 unspecified atom stereocenters. The zero-order chi connectivity index (χ0) is 15.5. The Bertz CT molecular complexity index is 386. The number of rotatable bonds is 6. The molecule has 0 bridgehead atoms. The molecule has 0 aromatic rings. The summed E-state index contributed by atoms with van der Waals surface area (Å²) in [5.74, 6) is 0.267. The monoisotopic (exact) mass is 297 g/mol. The molecule has 0 amide bonds. The second-order valence-electron chi connectivity index (χ2n) is 6.29. The van der Waals surface area contributed by atoms with Gasteiger partial charge in [-0.1, -0.05) is 0 Å². The van der Waals surface area contributed by atoms with Crippen LogP contribution in [0.5, 0.6) is 0 Å². The summed E-state index contributed by atoms with van der Waals surface area (Å²) < 4.78 is 10.3. The molecule has 2 rings (SSSR count). The molecule has 6 nitrogen and oxygen atoms in total. The number of hydrogen-bond acceptors (Lipinski definition) is 6. The zero-order valence-corrected chi connectivity index (χ0v) is 13.1. The zero-order valence-electron chi connectivity index (χ0n) is 13.1. The van der Waals surface area contributed by atoms with Gasteiger partial charge in [-0.25, -0.2) is 4.79 Å². The number of esters is 1. The number of nitrogens with one attached hydrogen (secondary N) is 1. The molecule has 3 atom stereocenters. The Balaban J connectivity index is 2.22. The van der Waals surface area contributed by atoms with Gasteiger partial charge in [-0.2, -0.15) is 0 Å². The van der Waals surface area contributed by atoms with Gasteiger partial charge in [0.15, 0.2) is 0 Å². The number of likely N-dealkylation sites (tertiary alicyclic amines) is 1. The maximum atomic E-state index is 12.4. The van der Waals surface area contributed by atoms with Crippen LogP contribution in [0.25, 0.3) is 0 Å². The number of carbonyl (C=O) groups is 1. The van der Waals surface area contributed by atoms with Crippen molar-refractivity contribution in [3.8, 4) is 0 Å². The molecular formula is C15H25N2O4. The molecule has 2 fully saturated rings. The lowest BCUT2D eigenvalue weighted by atomic mass is 9.91. The number of carbonyl (C=O) groups excluding carboxylic acids is 2. The van der Waals surface area contributed by atoms with Gasteiger partial charge in [0.1, 0.15) is 11.6 Å². The minimum absolute atomic E-state index is 0.294. The van der Waals surface area contributed by atoms with Gasteiger partial charge in [0.05, 0.1) is 6.61 Å². The van der Waals surface area contributed by atoms with Gasteiger partial charge in [-0.05, 0) is 52.6 Å². The molecule has 21 heavy (non-hydrogen) atoms. The van der Waals surface area contributed by atoms with Crippen LogP contribution in [0.3, 0.4) is 0 Å². The second kappa shape index (κ2) is 6.75. The molecule has 0 aromatic carbocycles. The van der Waals surface area contributed by atoms with E-state index < -0.39 is 11.6 Å². The molecule has 1 radical (unpaired) electrons. The fourth-order valence-corrected chi connectivity index (χ4v) is 3.63. The van der Waals surface area contributed by atoms with Crippen LogP contribution in [0.15, 0.2) is 0 Å². The third kappa shape index (κ3) is 3.37. The van der Waals surface area contributed by atoms with E-state index in [4.69, 9.17) is 9.47 Å². The molecule has 0 spiro atoms. The van der Waals surface area contributed by atoms with Gasteiger partial charge in [0, 0.05) is 12.6 Å². The lowest BCUT2D eigenvalue weighted by molar-refractivity contribution is -0.159. The predicted octanol–water partition coefficient (Wildman–Crippen LogP) is 0.464. The van der Waals surface area contributed by atoms with E-state index >= 15 is 0 Å². The largest absolute Gasteiger partial charge is 0.465 e. The molecule has 0 saturated carbocycles. The molecule has 119 valence electrons. The minimum Gasteiger partial charge on any atom is -0.465 e. The number of ether oxygens (including phenoxy) is 2. The molecular weight excluding hydrogens is 272 g/mol. The third-order valence-corrected chi connectivity index (χ3v) is 4.58. The van der Waals surface area contributed by atoms with Crippen molar-refractivity contribution >= 4 is 12.4 Å². The molecule has 0 aromatic heterocycles. The van der Waals surface area contributed by atoms with E-state index in [2.05, 4.69) is 10.2 Å². The molecule has 2 saturated heterocycles. The van der Waals surface area contributed by atoms with Gasteiger partial charge >= 0.3 is 12.4 Å². The van der Waals surface area contributed by atoms with E-state index in [-0.39, 0.29) is 5.97 Å². The topological polar surface area (TPSA) is 67.9 Å². The molecule has 1 N–H and O–H groups in total. The third-order valence-electron chi connectivity index (χ3n) is 4.58. The normalized spacial score (nSPS) is 27.8. The predicted molar refractivity (Wildman–Crippen MR) is 77.4 cm³/mol. The average molecular weight is 297 g/mol. The number of fused-ring (bicyclic) bond motifs is 1. The van der Waals surface area contributed by atoms with E-state index in [0.29, 0.717) is 18.6 Å². The number of nitrogens with zero attached hydrogens (tertiary/aromatic N) is 1. The van der Waals surface area contributed by atoms with Crippen molar-refractivity contribution in [2.45, 2.75) is 51.3 Å². The SMILES string of the molecule is CCOC(=O)[C@@H](N1CCC2CCNCC21)C(C)(C)O[C]=O. The highest BCUT2D eigenvalue weighted by molar-refractivity contribution is 5.77. The van der Waals surface area contributed by atoms with Crippen LogP contribution in [0, 0.1) is 5.92 Å². The Morgan fingerprint density at radius 2 is 2.24 bits per heavy atom. The minimum atomic E-state index is -0.958. The summed E-state index contributed by atoms with van der Waals surface area (Å²) in [6.07, 6.45) is 2.20. The maximum absolute atomic E-state index is 12.4. The van der Waals surface area contributed by atoms with E-state index in [1.54, 1.807) is 20.8 Å². The summed E-state index contributed by atoms with van der Waals surface area (Å²) in [7, 11) is 0. The Morgan fingerprint density at radius 1 is 1.48 bits per heavy atom. The van der Waals surface area contributed by atoms with Crippen molar-refractivity contribution in [2.24, 2.45) is 5.92 Å². The quantitative estimate of drug-likeness (QED) is 0.719. The van der Waals surface area contributed by atoms with Crippen molar-refractivity contribution in [1.29, 1.82) is 0 Å². The molecule has 0 aliphatic carbocycles. The van der Waals surface area contributed by atoms with Gasteiger partial charge in [0.2, 0.25) is 0 Å². The number of piperidine rings is 1. The van der Waals surface area contributed by atoms with Crippen molar-refractivity contribution in [3.05, 3.63) is 0 Å². The van der Waals surface area contributed by atoms with Gasteiger partial charge in [-0.3, -0.25) is 9.69 Å². The standard InChI is InChI=1S/C15H25N2O4/c1-4-20-14(19)13(15(2,3)21-10-18)17-8-6-11-5-7-16-9-12(11)17/h11-13,16H,4-9H2,1-3H3/t11?,12?,13-/m1/s1. The highest BCUT2D eigenvalue weighted by atomic mass is 16.6. The Kier molecular flexibility index (Phi) is 5.22. The lowest BCUT2D eigenvalue weighted by Gasteiger charge is -2.41. The first-order valence-corrected chi connectivity index (χ1v) is 7.69. The molecule has 2 heterocycles. The molecule has 2 aliphatic rings. The summed E-state index contributed by atoms with van der Waals surface area (Å²) >= 11 is 0. The van der Waals surface area contributed by atoms with Crippen molar-refractivity contribution in [1.82, 2.24) is 10.2 Å². The van der Waals surface area contributed by atoms with Crippen LogP contribution in [-0.4, -0.2) is 61.3 Å². The van der Waals surface area contributed by atoms with Crippen molar-refractivity contribution in [2.75, 3.05) is 26.2 Å². The molecule has 6 heteroatoms. The highest BCUT2D eigenvalue weighted by Crippen LogP contribution is 2.34. The van der Waals surface area contributed by atoms with Crippen LogP contribution in [0.2, 0.25) is 0 Å². The fraction of sp³-hybridized carbons (Fsp3) is 0.867. The van der Waals surface area contributed by atoms with Crippen LogP contribution < -0.4 is 5.32 Å². The van der Waals surface area contributed by atoms with Gasteiger partial charge in [-0.15, -0.1) is 0 Å². The maximum Gasteiger partial charge on any atom is 0.418 e. The first kappa shape index (κ1) is 16.2. The van der Waals surface area contributed by atoms with Gasteiger partial charge in [0.25, 0.3) is 0 Å². The van der Waals surface area contributed by atoms with Crippen LogP contribution in [-0.2, 0) is 19.1 Å². The average Bonchev–Trinajstić information content (AvgIpc) is 2.83.